The molecule has 0 N–H and O–H groups in total. The van der Waals surface area contributed by atoms with Crippen LogP contribution in [0.15, 0.2) is 30.3 Å². The van der Waals surface area contributed by atoms with Crippen molar-refractivity contribution in [3.63, 3.8) is 0 Å². The normalized spacial score (nSPS) is 40.3. The quantitative estimate of drug-likeness (QED) is 0.653. The van der Waals surface area contributed by atoms with Gasteiger partial charge in [-0.25, -0.2) is 9.59 Å². The SMILES string of the molecule is COC(=O)[C@@]1(OCc2ccccc2)OC[C@]23CCC[C@@]4(C(=O)OC)O[C@@H](C(=O)C[C@H]12)[C@H]34. The van der Waals surface area contributed by atoms with Crippen LogP contribution in [0.2, 0.25) is 0 Å². The highest BCUT2D eigenvalue weighted by Gasteiger charge is 2.80. The van der Waals surface area contributed by atoms with E-state index in [1.165, 1.54) is 14.2 Å². The Morgan fingerprint density at radius 3 is 2.55 bits per heavy atom. The highest BCUT2D eigenvalue weighted by atomic mass is 16.7. The Labute approximate surface area is 180 Å². The number of esters is 2. The molecule has 8 nitrogen and oxygen atoms in total. The smallest absolute Gasteiger partial charge is 0.366 e. The van der Waals surface area contributed by atoms with Crippen LogP contribution < -0.4 is 0 Å². The number of Topliss-reactive ketones (excluding diaryl/α,β-unsaturated/α-hetero) is 1. The molecule has 4 aliphatic rings. The van der Waals surface area contributed by atoms with Gasteiger partial charge < -0.3 is 23.7 Å². The van der Waals surface area contributed by atoms with Crippen LogP contribution in [-0.2, 0) is 44.7 Å². The molecular weight excluding hydrogens is 404 g/mol. The first-order chi connectivity index (χ1) is 14.9. The summed E-state index contributed by atoms with van der Waals surface area (Å²) in [5, 5.41) is 0. The Morgan fingerprint density at radius 2 is 1.84 bits per heavy atom. The lowest BCUT2D eigenvalue weighted by Gasteiger charge is -2.65. The number of rotatable bonds is 5. The summed E-state index contributed by atoms with van der Waals surface area (Å²) in [6, 6.07) is 9.44. The van der Waals surface area contributed by atoms with Crippen molar-refractivity contribution < 1.29 is 38.1 Å². The van der Waals surface area contributed by atoms with Gasteiger partial charge in [0.25, 0.3) is 5.79 Å². The third-order valence-electron chi connectivity index (χ3n) is 7.68. The van der Waals surface area contributed by atoms with Crippen molar-refractivity contribution in [2.75, 3.05) is 20.8 Å². The number of ether oxygens (including phenoxy) is 5. The van der Waals surface area contributed by atoms with E-state index in [0.29, 0.717) is 19.3 Å². The van der Waals surface area contributed by atoms with Gasteiger partial charge in [-0.15, -0.1) is 0 Å². The van der Waals surface area contributed by atoms with Gasteiger partial charge >= 0.3 is 11.9 Å². The van der Waals surface area contributed by atoms with Gasteiger partial charge in [-0.2, -0.15) is 0 Å². The lowest BCUT2D eigenvalue weighted by atomic mass is 9.46. The van der Waals surface area contributed by atoms with E-state index < -0.39 is 46.7 Å². The molecule has 4 fully saturated rings. The number of carbonyl (C=O) groups is 3. The minimum Gasteiger partial charge on any atom is -0.467 e. The molecule has 0 radical (unpaired) electrons. The van der Waals surface area contributed by atoms with Crippen LogP contribution in [0.4, 0.5) is 0 Å². The van der Waals surface area contributed by atoms with Crippen LogP contribution in [0.3, 0.4) is 0 Å². The first kappa shape index (κ1) is 20.6. The Bertz CT molecular complexity index is 915. The number of benzene rings is 1. The van der Waals surface area contributed by atoms with E-state index in [4.69, 9.17) is 23.7 Å². The topological polar surface area (TPSA) is 97.4 Å². The lowest BCUT2D eigenvalue weighted by Crippen LogP contribution is -2.77. The molecule has 6 atom stereocenters. The van der Waals surface area contributed by atoms with Gasteiger partial charge in [0, 0.05) is 23.7 Å². The van der Waals surface area contributed by atoms with Crippen molar-refractivity contribution in [2.45, 2.75) is 49.8 Å². The van der Waals surface area contributed by atoms with E-state index in [1.807, 2.05) is 30.3 Å². The summed E-state index contributed by atoms with van der Waals surface area (Å²) < 4.78 is 28.4. The second kappa shape index (κ2) is 7.12. The largest absolute Gasteiger partial charge is 0.467 e. The van der Waals surface area contributed by atoms with Crippen LogP contribution in [0.1, 0.15) is 31.2 Å². The zero-order valence-electron chi connectivity index (χ0n) is 17.6. The third-order valence-corrected chi connectivity index (χ3v) is 7.68. The molecule has 2 heterocycles. The zero-order valence-corrected chi connectivity index (χ0v) is 17.6. The minimum absolute atomic E-state index is 0.0717. The second-order valence-corrected chi connectivity index (χ2v) is 8.93. The van der Waals surface area contributed by atoms with E-state index >= 15 is 0 Å². The highest BCUT2D eigenvalue weighted by molar-refractivity contribution is 5.93. The first-order valence-electron chi connectivity index (χ1n) is 10.6. The van der Waals surface area contributed by atoms with Gasteiger partial charge in [0.2, 0.25) is 0 Å². The third kappa shape index (κ3) is 2.61. The molecule has 1 spiro atoms. The van der Waals surface area contributed by atoms with Gasteiger partial charge in [-0.05, 0) is 24.8 Å². The number of hydrogen-bond acceptors (Lipinski definition) is 8. The maximum Gasteiger partial charge on any atom is 0.366 e. The molecule has 0 bridgehead atoms. The molecule has 1 aromatic carbocycles. The molecule has 166 valence electrons. The fourth-order valence-electron chi connectivity index (χ4n) is 6.40. The summed E-state index contributed by atoms with van der Waals surface area (Å²) in [7, 11) is 2.61. The Morgan fingerprint density at radius 1 is 1.10 bits per heavy atom. The van der Waals surface area contributed by atoms with Crippen molar-refractivity contribution in [1.29, 1.82) is 0 Å². The summed E-state index contributed by atoms with van der Waals surface area (Å²) in [4.78, 5) is 38.8. The van der Waals surface area contributed by atoms with Gasteiger partial charge in [-0.3, -0.25) is 4.79 Å². The first-order valence-corrected chi connectivity index (χ1v) is 10.6. The van der Waals surface area contributed by atoms with Gasteiger partial charge in [-0.1, -0.05) is 30.3 Å². The summed E-state index contributed by atoms with van der Waals surface area (Å²) in [5.74, 6) is -3.96. The molecule has 2 aliphatic heterocycles. The van der Waals surface area contributed by atoms with Crippen LogP contribution >= 0.6 is 0 Å². The van der Waals surface area contributed by atoms with Crippen LogP contribution in [-0.4, -0.2) is 56.0 Å². The van der Waals surface area contributed by atoms with Gasteiger partial charge in [0.1, 0.15) is 6.10 Å². The van der Waals surface area contributed by atoms with Crippen molar-refractivity contribution in [3.05, 3.63) is 35.9 Å². The molecule has 1 aromatic rings. The molecule has 2 saturated heterocycles. The molecule has 2 saturated carbocycles. The molecule has 8 heteroatoms. The van der Waals surface area contributed by atoms with E-state index in [1.54, 1.807) is 0 Å². The van der Waals surface area contributed by atoms with Gasteiger partial charge in [0.15, 0.2) is 11.4 Å². The van der Waals surface area contributed by atoms with Crippen molar-refractivity contribution in [1.82, 2.24) is 0 Å². The average molecular weight is 430 g/mol. The maximum absolute atomic E-state index is 13.0. The second-order valence-electron chi connectivity index (χ2n) is 8.93. The molecule has 2 aliphatic carbocycles. The minimum atomic E-state index is -1.71. The van der Waals surface area contributed by atoms with Crippen LogP contribution in [0.25, 0.3) is 0 Å². The number of ketones is 1. The predicted molar refractivity (Wildman–Crippen MR) is 104 cm³/mol. The van der Waals surface area contributed by atoms with Crippen molar-refractivity contribution in [3.8, 4) is 0 Å². The summed E-state index contributed by atoms with van der Waals surface area (Å²) in [6.45, 7) is 0.321. The fourth-order valence-corrected chi connectivity index (χ4v) is 6.40. The summed E-state index contributed by atoms with van der Waals surface area (Å²) in [6.07, 6.45) is 1.28. The van der Waals surface area contributed by atoms with Crippen molar-refractivity contribution >= 4 is 17.7 Å². The van der Waals surface area contributed by atoms with E-state index in [-0.39, 0.29) is 25.4 Å². The van der Waals surface area contributed by atoms with E-state index in [2.05, 4.69) is 0 Å². The predicted octanol–water partition coefficient (Wildman–Crippen LogP) is 1.79. The molecule has 5 rings (SSSR count). The average Bonchev–Trinajstić information content (AvgIpc) is 3.08. The van der Waals surface area contributed by atoms with Crippen molar-refractivity contribution in [2.24, 2.45) is 17.3 Å². The maximum atomic E-state index is 13.0. The fraction of sp³-hybridized carbons (Fsp3) is 0.609. The van der Waals surface area contributed by atoms with Gasteiger partial charge in [0.05, 0.1) is 27.4 Å². The van der Waals surface area contributed by atoms with Crippen LogP contribution in [0.5, 0.6) is 0 Å². The number of carbonyl (C=O) groups excluding carboxylic acids is 3. The summed E-state index contributed by atoms with van der Waals surface area (Å²) in [5.41, 5.74) is -0.898. The van der Waals surface area contributed by atoms with E-state index in [9.17, 15) is 14.4 Å². The monoisotopic (exact) mass is 430 g/mol. The molecule has 0 amide bonds. The number of hydrogen-bond donors (Lipinski definition) is 0. The standard InChI is InChI=1S/C23H26O8/c1-27-19(25)22-10-6-9-21-13-30-23(20(26)28-2,29-12-14-7-4-3-5-8-14)16(21)11-15(24)17(31-22)18(21)22/h3-5,7-8,16-18H,6,9-13H2,1-2H3/t16-,17-,18+,21+,22+,23-/m0/s1. The number of methoxy groups -OCH3 is 2. The molecule has 31 heavy (non-hydrogen) atoms. The van der Waals surface area contributed by atoms with Crippen LogP contribution in [0, 0.1) is 17.3 Å². The molecule has 0 aromatic heterocycles. The zero-order chi connectivity index (χ0) is 21.9. The Balaban J connectivity index is 1.54. The Kier molecular flexibility index (Phi) is 4.73. The lowest BCUT2D eigenvalue weighted by molar-refractivity contribution is -0.315. The molecular formula is C23H26O8. The highest BCUT2D eigenvalue weighted by Crippen LogP contribution is 2.69. The van der Waals surface area contributed by atoms with E-state index in [0.717, 1.165) is 5.56 Å². The summed E-state index contributed by atoms with van der Waals surface area (Å²) >= 11 is 0. The molecule has 0 unspecified atom stereocenters. The Hall–Kier alpha value is -2.29.